The fourth-order valence-electron chi connectivity index (χ4n) is 0.167. The Balaban J connectivity index is -0.0000000245. The summed E-state index contributed by atoms with van der Waals surface area (Å²) in [7, 11) is -4.57. The summed E-state index contributed by atoms with van der Waals surface area (Å²) in [6.45, 7) is 0.916. The maximum atomic E-state index is 9.74. The molecule has 7 nitrogen and oxygen atoms in total. The van der Waals surface area contributed by atoms with E-state index in [1.165, 1.54) is 0 Å². The molecule has 0 aromatic rings. The van der Waals surface area contributed by atoms with Gasteiger partial charge in [-0.1, -0.05) is 0 Å². The quantitative estimate of drug-likeness (QED) is 0.338. The van der Waals surface area contributed by atoms with Gasteiger partial charge in [-0.05, 0) is 0 Å². The van der Waals surface area contributed by atoms with Crippen molar-refractivity contribution >= 4 is 36.8 Å². The summed E-state index contributed by atoms with van der Waals surface area (Å²) in [6, 6.07) is 0. The van der Waals surface area contributed by atoms with Crippen LogP contribution in [-0.4, -0.2) is 38.8 Å². The van der Waals surface area contributed by atoms with Crippen molar-refractivity contribution in [3.05, 3.63) is 0 Å². The molecule has 0 aliphatic carbocycles. The van der Waals surface area contributed by atoms with Crippen molar-refractivity contribution in [2.45, 2.75) is 6.92 Å². The zero-order chi connectivity index (χ0) is 6.78. The second-order valence-electron chi connectivity index (χ2n) is 1.07. The summed E-state index contributed by atoms with van der Waals surface area (Å²) in [5.74, 6) is -0.988. The van der Waals surface area contributed by atoms with Crippen LogP contribution < -0.4 is 12.3 Å². The van der Waals surface area contributed by atoms with Gasteiger partial charge in [0, 0.05) is 6.92 Å². The van der Waals surface area contributed by atoms with E-state index in [2.05, 4.69) is 4.52 Å². The first-order valence-corrected chi connectivity index (χ1v) is 3.20. The minimum absolute atomic E-state index is 0. The van der Waals surface area contributed by atoms with Gasteiger partial charge in [0.05, 0.1) is 0 Å². The van der Waals surface area contributed by atoms with E-state index >= 15 is 0 Å². The van der Waals surface area contributed by atoms with Gasteiger partial charge in [-0.25, -0.2) is 4.57 Å². The first kappa shape index (κ1) is 22.5. The Morgan fingerprint density at radius 2 is 1.73 bits per heavy atom. The van der Waals surface area contributed by atoms with Gasteiger partial charge in [0.1, 0.15) is 0 Å². The number of phosphoric ester groups is 1. The second-order valence-corrected chi connectivity index (χ2v) is 2.24. The number of hydrogen-bond acceptors (Lipinski definition) is 5. The van der Waals surface area contributed by atoms with Gasteiger partial charge in [0.2, 0.25) is 0 Å². The predicted octanol–water partition coefficient (Wildman–Crippen LogP) is -0.190. The van der Waals surface area contributed by atoms with Crippen molar-refractivity contribution in [3.8, 4) is 0 Å². The largest absolute Gasteiger partial charge is 2.00 e. The van der Waals surface area contributed by atoms with Crippen LogP contribution in [0.5, 0.6) is 0 Å². The van der Waals surface area contributed by atoms with Crippen molar-refractivity contribution in [1.82, 2.24) is 12.3 Å². The van der Waals surface area contributed by atoms with Crippen LogP contribution in [0.25, 0.3) is 0 Å². The molecule has 0 aromatic carbocycles. The SMILES string of the molecule is CC(=O)OP(=O)(O)O.N.N.[H-].[H-].[Mg+2]. The molecular formula is C2H13MgN2O5P. The van der Waals surface area contributed by atoms with Crippen molar-refractivity contribution in [2.24, 2.45) is 0 Å². The Bertz CT molecular complexity index is 153. The van der Waals surface area contributed by atoms with Crippen LogP contribution in [0.1, 0.15) is 9.78 Å². The molecule has 0 unspecified atom stereocenters. The number of carbonyl (C=O) groups excluding carboxylic acids is 1. The Kier molecular flexibility index (Phi) is 17.2. The number of rotatable bonds is 1. The van der Waals surface area contributed by atoms with E-state index < -0.39 is 13.8 Å². The smallest absolute Gasteiger partial charge is 1.00 e. The van der Waals surface area contributed by atoms with E-state index in [1.54, 1.807) is 0 Å². The molecule has 0 rings (SSSR count). The van der Waals surface area contributed by atoms with Crippen LogP contribution in [0, 0.1) is 0 Å². The Morgan fingerprint density at radius 3 is 1.73 bits per heavy atom. The third-order valence-corrected chi connectivity index (χ3v) is 0.742. The fraction of sp³-hybridized carbons (Fsp3) is 0.500. The molecule has 0 fully saturated rings. The molecule has 11 heavy (non-hydrogen) atoms. The Labute approximate surface area is 83.0 Å². The van der Waals surface area contributed by atoms with Gasteiger partial charge in [-0.15, -0.1) is 0 Å². The molecule has 0 aromatic heterocycles. The molecule has 0 aliphatic heterocycles. The summed E-state index contributed by atoms with van der Waals surface area (Å²) >= 11 is 0. The molecule has 68 valence electrons. The van der Waals surface area contributed by atoms with E-state index in [-0.39, 0.29) is 38.2 Å². The number of hydrogen-bond donors (Lipinski definition) is 4. The molecule has 0 heterocycles. The zero-order valence-electron chi connectivity index (χ0n) is 8.19. The molecule has 9 heteroatoms. The fourth-order valence-corrected chi connectivity index (χ4v) is 0.502. The first-order chi connectivity index (χ1) is 3.42. The van der Waals surface area contributed by atoms with Gasteiger partial charge in [0.15, 0.2) is 0 Å². The molecule has 0 bridgehead atoms. The third kappa shape index (κ3) is 25.3. The maximum absolute atomic E-state index is 9.74. The second kappa shape index (κ2) is 8.40. The molecule has 0 amide bonds. The van der Waals surface area contributed by atoms with E-state index in [9.17, 15) is 9.36 Å². The molecule has 0 saturated heterocycles. The topological polar surface area (TPSA) is 154 Å². The van der Waals surface area contributed by atoms with E-state index in [4.69, 9.17) is 9.79 Å². The zero-order valence-corrected chi connectivity index (χ0v) is 8.50. The Morgan fingerprint density at radius 1 is 1.45 bits per heavy atom. The van der Waals surface area contributed by atoms with Gasteiger partial charge in [0.25, 0.3) is 0 Å². The summed E-state index contributed by atoms with van der Waals surface area (Å²) in [4.78, 5) is 25.5. The van der Waals surface area contributed by atoms with Crippen molar-refractivity contribution in [2.75, 3.05) is 0 Å². The monoisotopic (exact) mass is 200 g/mol. The summed E-state index contributed by atoms with van der Waals surface area (Å²) < 4.78 is 13.2. The third-order valence-electron chi connectivity index (χ3n) is 0.247. The van der Waals surface area contributed by atoms with Crippen LogP contribution in [0.4, 0.5) is 0 Å². The number of phosphoric acid groups is 1. The van der Waals surface area contributed by atoms with Crippen molar-refractivity contribution in [1.29, 1.82) is 0 Å². The molecule has 0 spiro atoms. The van der Waals surface area contributed by atoms with E-state index in [0.29, 0.717) is 0 Å². The molecular weight excluding hydrogens is 187 g/mol. The molecule has 0 radical (unpaired) electrons. The first-order valence-electron chi connectivity index (χ1n) is 1.67. The maximum Gasteiger partial charge on any atom is 2.00 e. The number of carbonyl (C=O) groups is 1. The van der Waals surface area contributed by atoms with Gasteiger partial charge >= 0.3 is 36.8 Å². The summed E-state index contributed by atoms with van der Waals surface area (Å²) in [5.41, 5.74) is 0. The minimum atomic E-state index is -4.57. The normalized spacial score (nSPS) is 7.91. The van der Waals surface area contributed by atoms with E-state index in [0.717, 1.165) is 6.92 Å². The van der Waals surface area contributed by atoms with E-state index in [1.807, 2.05) is 0 Å². The summed E-state index contributed by atoms with van der Waals surface area (Å²) in [6.07, 6.45) is 0. The van der Waals surface area contributed by atoms with Crippen molar-refractivity contribution in [3.63, 3.8) is 0 Å². The van der Waals surface area contributed by atoms with Crippen LogP contribution in [0.15, 0.2) is 0 Å². The van der Waals surface area contributed by atoms with Gasteiger partial charge in [-0.2, -0.15) is 0 Å². The summed E-state index contributed by atoms with van der Waals surface area (Å²) in [5, 5.41) is 0. The van der Waals surface area contributed by atoms with Crippen molar-refractivity contribution < 1.29 is 26.5 Å². The molecule has 0 aliphatic rings. The minimum Gasteiger partial charge on any atom is -1.00 e. The molecule has 8 N–H and O–H groups in total. The van der Waals surface area contributed by atoms with Crippen LogP contribution in [0.2, 0.25) is 0 Å². The standard InChI is InChI=1S/C2H5O5P.Mg.2H3N.2H/c1-2(3)7-8(4,5)6;;;;;/h1H3,(H2,4,5,6);;2*1H3;;/q;+2;;;2*-1. The van der Waals surface area contributed by atoms with Crippen LogP contribution in [0.3, 0.4) is 0 Å². The van der Waals surface area contributed by atoms with Gasteiger partial charge in [-0.3, -0.25) is 14.6 Å². The van der Waals surface area contributed by atoms with Crippen LogP contribution >= 0.6 is 7.82 Å². The molecule has 0 saturated carbocycles. The average Bonchev–Trinajstić information content (AvgIpc) is 1.21. The van der Waals surface area contributed by atoms with Gasteiger partial charge < -0.3 is 19.7 Å². The van der Waals surface area contributed by atoms with Crippen LogP contribution in [-0.2, 0) is 13.9 Å². The Hall–Kier alpha value is 0.306. The predicted molar refractivity (Wildman–Crippen MR) is 41.8 cm³/mol. The molecule has 0 atom stereocenters. The average molecular weight is 200 g/mol.